The van der Waals surface area contributed by atoms with Gasteiger partial charge in [0.25, 0.3) is 0 Å². The predicted octanol–water partition coefficient (Wildman–Crippen LogP) is 1.41. The van der Waals surface area contributed by atoms with Gasteiger partial charge < -0.3 is 16.2 Å². The van der Waals surface area contributed by atoms with E-state index in [0.29, 0.717) is 4.47 Å². The van der Waals surface area contributed by atoms with Crippen LogP contribution in [0.1, 0.15) is 0 Å². The van der Waals surface area contributed by atoms with Crippen LogP contribution in [0.5, 0.6) is 0 Å². The number of nitrogens with one attached hydrogen (secondary N) is 1. The van der Waals surface area contributed by atoms with E-state index in [1.807, 2.05) is 0 Å². The number of carbonyl (C=O) groups is 1. The van der Waals surface area contributed by atoms with Crippen molar-refractivity contribution in [3.05, 3.63) is 28.5 Å². The molecule has 0 fully saturated rings. The molecule has 1 rings (SSSR count). The third kappa shape index (κ3) is 3.49. The highest BCUT2D eigenvalue weighted by atomic mass is 79.9. The van der Waals surface area contributed by atoms with Gasteiger partial charge in [0.05, 0.1) is 5.69 Å². The first-order valence-corrected chi connectivity index (χ1v) is 4.97. The van der Waals surface area contributed by atoms with Crippen LogP contribution in [0.3, 0.4) is 0 Å². The molecule has 15 heavy (non-hydrogen) atoms. The van der Waals surface area contributed by atoms with Crippen LogP contribution < -0.4 is 11.1 Å². The van der Waals surface area contributed by atoms with Crippen molar-refractivity contribution >= 4 is 27.6 Å². The van der Waals surface area contributed by atoms with Gasteiger partial charge in [0.1, 0.15) is 11.9 Å². The smallest absolute Gasteiger partial charge is 0.322 e. The van der Waals surface area contributed by atoms with Gasteiger partial charge in [-0.15, -0.1) is 0 Å². The monoisotopic (exact) mass is 276 g/mol. The van der Waals surface area contributed by atoms with E-state index in [1.165, 1.54) is 12.1 Å². The molecule has 1 atom stereocenters. The molecule has 1 aromatic carbocycles. The molecule has 4 N–H and O–H groups in total. The summed E-state index contributed by atoms with van der Waals surface area (Å²) in [5, 5.41) is 11.1. The fraction of sp³-hybridized carbons (Fsp3) is 0.222. The van der Waals surface area contributed by atoms with Crippen molar-refractivity contribution in [1.82, 2.24) is 0 Å². The summed E-state index contributed by atoms with van der Waals surface area (Å²) in [6.45, 7) is -0.0251. The maximum atomic E-state index is 13.1. The number of anilines is 1. The molecule has 0 aliphatic rings. The fourth-order valence-electron chi connectivity index (χ4n) is 0.940. The van der Waals surface area contributed by atoms with Gasteiger partial charge in [-0.25, -0.2) is 4.39 Å². The summed E-state index contributed by atoms with van der Waals surface area (Å²) in [6.07, 6.45) is 0. The summed E-state index contributed by atoms with van der Waals surface area (Å²) in [6, 6.07) is 3.30. The lowest BCUT2D eigenvalue weighted by Crippen LogP contribution is -2.37. The van der Waals surface area contributed by atoms with E-state index in [9.17, 15) is 9.18 Å². The number of carboxylic acids is 1. The van der Waals surface area contributed by atoms with E-state index in [0.717, 1.165) is 0 Å². The molecule has 1 unspecified atom stereocenters. The van der Waals surface area contributed by atoms with E-state index >= 15 is 0 Å². The van der Waals surface area contributed by atoms with Crippen molar-refractivity contribution < 1.29 is 14.3 Å². The van der Waals surface area contributed by atoms with E-state index < -0.39 is 17.8 Å². The van der Waals surface area contributed by atoms with Crippen molar-refractivity contribution in [3.8, 4) is 0 Å². The number of hydrogen-bond donors (Lipinski definition) is 3. The lowest BCUT2D eigenvalue weighted by Gasteiger charge is -2.10. The first-order valence-electron chi connectivity index (χ1n) is 4.18. The van der Waals surface area contributed by atoms with Crippen LogP contribution in [0.25, 0.3) is 0 Å². The molecule has 0 heterocycles. The molecule has 0 aliphatic heterocycles. The standard InChI is InChI=1S/C9H10BrFN2O2/c10-5-1-2-6(11)8(3-5)13-4-7(12)9(14)15/h1-3,7,13H,4,12H2,(H,14,15). The quantitative estimate of drug-likeness (QED) is 0.777. The minimum absolute atomic E-state index is 0.0251. The Morgan fingerprint density at radius 2 is 2.33 bits per heavy atom. The minimum Gasteiger partial charge on any atom is -0.480 e. The average Bonchev–Trinajstić information content (AvgIpc) is 2.18. The van der Waals surface area contributed by atoms with E-state index in [1.54, 1.807) is 6.07 Å². The molecule has 0 bridgehead atoms. The molecule has 0 amide bonds. The van der Waals surface area contributed by atoms with E-state index in [2.05, 4.69) is 21.2 Å². The van der Waals surface area contributed by atoms with Gasteiger partial charge in [-0.2, -0.15) is 0 Å². The number of rotatable bonds is 4. The maximum Gasteiger partial charge on any atom is 0.322 e. The Hall–Kier alpha value is -1.14. The van der Waals surface area contributed by atoms with Crippen molar-refractivity contribution in [2.24, 2.45) is 5.73 Å². The van der Waals surface area contributed by atoms with Crippen LogP contribution in [0.4, 0.5) is 10.1 Å². The Morgan fingerprint density at radius 1 is 1.67 bits per heavy atom. The zero-order valence-electron chi connectivity index (χ0n) is 7.71. The lowest BCUT2D eigenvalue weighted by molar-refractivity contribution is -0.138. The molecule has 0 saturated carbocycles. The molecule has 0 aliphatic carbocycles. The molecular formula is C9H10BrFN2O2. The van der Waals surface area contributed by atoms with Crippen molar-refractivity contribution in [3.63, 3.8) is 0 Å². The number of hydrogen-bond acceptors (Lipinski definition) is 3. The molecule has 0 aromatic heterocycles. The topological polar surface area (TPSA) is 75.3 Å². The third-order valence-corrected chi connectivity index (χ3v) is 2.25. The second-order valence-corrected chi connectivity index (χ2v) is 3.87. The predicted molar refractivity (Wildman–Crippen MR) is 58.2 cm³/mol. The summed E-state index contributed by atoms with van der Waals surface area (Å²) >= 11 is 3.18. The summed E-state index contributed by atoms with van der Waals surface area (Å²) in [5.74, 6) is -1.58. The Morgan fingerprint density at radius 3 is 2.93 bits per heavy atom. The van der Waals surface area contributed by atoms with Crippen LogP contribution in [0.2, 0.25) is 0 Å². The average molecular weight is 277 g/mol. The number of halogens is 2. The molecular weight excluding hydrogens is 267 g/mol. The van der Waals surface area contributed by atoms with Crippen LogP contribution in [-0.4, -0.2) is 23.7 Å². The zero-order valence-corrected chi connectivity index (χ0v) is 9.29. The molecule has 0 radical (unpaired) electrons. The zero-order chi connectivity index (χ0) is 11.4. The highest BCUT2D eigenvalue weighted by Gasteiger charge is 2.11. The first-order chi connectivity index (χ1) is 7.00. The fourth-order valence-corrected chi connectivity index (χ4v) is 1.30. The van der Waals surface area contributed by atoms with Crippen molar-refractivity contribution in [1.29, 1.82) is 0 Å². The molecule has 1 aromatic rings. The third-order valence-electron chi connectivity index (χ3n) is 1.76. The number of aliphatic carboxylic acids is 1. The van der Waals surface area contributed by atoms with Gasteiger partial charge in [-0.1, -0.05) is 15.9 Å². The van der Waals surface area contributed by atoms with Gasteiger partial charge in [0.15, 0.2) is 0 Å². The number of nitrogens with two attached hydrogens (primary N) is 1. The largest absolute Gasteiger partial charge is 0.480 e. The normalized spacial score (nSPS) is 12.2. The van der Waals surface area contributed by atoms with Crippen LogP contribution in [0, 0.1) is 5.82 Å². The van der Waals surface area contributed by atoms with Gasteiger partial charge in [0.2, 0.25) is 0 Å². The highest BCUT2D eigenvalue weighted by Crippen LogP contribution is 2.19. The van der Waals surface area contributed by atoms with E-state index in [-0.39, 0.29) is 12.2 Å². The summed E-state index contributed by atoms with van der Waals surface area (Å²) < 4.78 is 13.9. The van der Waals surface area contributed by atoms with Crippen LogP contribution >= 0.6 is 15.9 Å². The minimum atomic E-state index is -1.13. The molecule has 6 heteroatoms. The van der Waals surface area contributed by atoms with Crippen molar-refractivity contribution in [2.75, 3.05) is 11.9 Å². The molecule has 82 valence electrons. The summed E-state index contributed by atoms with van der Waals surface area (Å²) in [7, 11) is 0. The highest BCUT2D eigenvalue weighted by molar-refractivity contribution is 9.10. The van der Waals surface area contributed by atoms with Gasteiger partial charge >= 0.3 is 5.97 Å². The first kappa shape index (κ1) is 11.9. The maximum absolute atomic E-state index is 13.1. The van der Waals surface area contributed by atoms with Crippen molar-refractivity contribution in [2.45, 2.75) is 6.04 Å². The number of benzene rings is 1. The van der Waals surface area contributed by atoms with E-state index in [4.69, 9.17) is 10.8 Å². The summed E-state index contributed by atoms with van der Waals surface area (Å²) in [4.78, 5) is 10.4. The second kappa shape index (κ2) is 5.09. The Labute approximate surface area is 94.4 Å². The SMILES string of the molecule is NC(CNc1cc(Br)ccc1F)C(=O)O. The molecule has 4 nitrogen and oxygen atoms in total. The second-order valence-electron chi connectivity index (χ2n) is 2.95. The Bertz CT molecular complexity index is 373. The Balaban J connectivity index is 2.65. The number of carboxylic acid groups (broad SMARTS) is 1. The summed E-state index contributed by atoms with van der Waals surface area (Å²) in [5.41, 5.74) is 5.48. The van der Waals surface area contributed by atoms with Crippen LogP contribution in [0.15, 0.2) is 22.7 Å². The molecule has 0 saturated heterocycles. The van der Waals surface area contributed by atoms with Gasteiger partial charge in [-0.3, -0.25) is 4.79 Å². The van der Waals surface area contributed by atoms with Crippen LogP contribution in [-0.2, 0) is 4.79 Å². The lowest BCUT2D eigenvalue weighted by atomic mass is 10.2. The van der Waals surface area contributed by atoms with Gasteiger partial charge in [0, 0.05) is 11.0 Å². The van der Waals surface area contributed by atoms with Gasteiger partial charge in [-0.05, 0) is 18.2 Å². The molecule has 0 spiro atoms. The Kier molecular flexibility index (Phi) is 4.05.